The molecule has 0 radical (unpaired) electrons. The Morgan fingerprint density at radius 1 is 1.25 bits per heavy atom. The number of alkyl halides is 1. The minimum atomic E-state index is -0.587. The monoisotopic (exact) mass is 343 g/mol. The summed E-state index contributed by atoms with van der Waals surface area (Å²) in [7, 11) is 0. The highest BCUT2D eigenvalue weighted by Gasteiger charge is 2.77. The van der Waals surface area contributed by atoms with Crippen molar-refractivity contribution >= 4 is 27.6 Å². The number of morpholine rings is 1. The van der Waals surface area contributed by atoms with Crippen molar-refractivity contribution in [2.24, 2.45) is 16.2 Å². The number of carbonyl (C=O) groups is 2. The third-order valence-electron chi connectivity index (χ3n) is 6.40. The maximum Gasteiger partial charge on any atom is 0.231 e. The van der Waals surface area contributed by atoms with Crippen LogP contribution in [0.2, 0.25) is 0 Å². The van der Waals surface area contributed by atoms with Crippen LogP contribution in [0.1, 0.15) is 33.6 Å². The molecule has 0 unspecified atom stereocenters. The number of hydrogen-bond donors (Lipinski definition) is 0. The van der Waals surface area contributed by atoms with Gasteiger partial charge in [0.1, 0.15) is 0 Å². The van der Waals surface area contributed by atoms with Crippen LogP contribution >= 0.6 is 15.9 Å². The Hall–Kier alpha value is -0.420. The number of ether oxygens (including phenoxy) is 1. The summed E-state index contributed by atoms with van der Waals surface area (Å²) in [5.41, 5.74) is -1.28. The van der Waals surface area contributed by atoms with E-state index in [9.17, 15) is 9.59 Å². The largest absolute Gasteiger partial charge is 0.378 e. The highest BCUT2D eigenvalue weighted by Crippen LogP contribution is 2.72. The molecule has 112 valence electrons. The molecule has 4 nitrogen and oxygen atoms in total. The molecule has 5 heteroatoms. The van der Waals surface area contributed by atoms with E-state index in [1.807, 2.05) is 11.8 Å². The summed E-state index contributed by atoms with van der Waals surface area (Å²) in [6, 6.07) is 0. The molecule has 3 aliphatic rings. The molecule has 1 aliphatic heterocycles. The molecule has 20 heavy (non-hydrogen) atoms. The SMILES string of the molecule is CC1(C)[C@@]2(C)CC[C@]1(C(=O)N1CCOCC1)[C@H](Br)C2=O. The van der Waals surface area contributed by atoms with Crippen LogP contribution in [0.5, 0.6) is 0 Å². The van der Waals surface area contributed by atoms with Crippen molar-refractivity contribution in [2.75, 3.05) is 26.3 Å². The van der Waals surface area contributed by atoms with Gasteiger partial charge in [-0.1, -0.05) is 36.7 Å². The van der Waals surface area contributed by atoms with Gasteiger partial charge in [-0.25, -0.2) is 0 Å². The summed E-state index contributed by atoms with van der Waals surface area (Å²) in [6.07, 6.45) is 1.62. The third kappa shape index (κ3) is 1.41. The zero-order valence-electron chi connectivity index (χ0n) is 12.4. The Balaban J connectivity index is 2.02. The normalized spacial score (nSPS) is 43.1. The zero-order chi connectivity index (χ0) is 14.8. The minimum absolute atomic E-state index is 0.141. The lowest BCUT2D eigenvalue weighted by Crippen LogP contribution is -2.54. The van der Waals surface area contributed by atoms with Gasteiger partial charge in [-0.15, -0.1) is 0 Å². The Labute approximate surface area is 128 Å². The molecule has 0 aromatic rings. The number of halogens is 1. The van der Waals surface area contributed by atoms with Gasteiger partial charge in [0.25, 0.3) is 0 Å². The van der Waals surface area contributed by atoms with Crippen LogP contribution in [0.3, 0.4) is 0 Å². The molecular formula is C15H22BrNO3. The fraction of sp³-hybridized carbons (Fsp3) is 0.867. The number of hydrogen-bond acceptors (Lipinski definition) is 3. The van der Waals surface area contributed by atoms with Crippen LogP contribution in [0.4, 0.5) is 0 Å². The van der Waals surface area contributed by atoms with Crippen molar-refractivity contribution in [3.63, 3.8) is 0 Å². The average Bonchev–Trinajstić information content (AvgIpc) is 2.71. The summed E-state index contributed by atoms with van der Waals surface area (Å²) in [5.74, 6) is 0.345. The summed E-state index contributed by atoms with van der Waals surface area (Å²) in [5, 5.41) is 0. The van der Waals surface area contributed by atoms with E-state index in [1.165, 1.54) is 0 Å². The summed E-state index contributed by atoms with van der Waals surface area (Å²) < 4.78 is 5.34. The molecule has 0 N–H and O–H groups in total. The molecule has 0 aromatic carbocycles. The van der Waals surface area contributed by atoms with Crippen LogP contribution < -0.4 is 0 Å². The second-order valence-electron chi connectivity index (χ2n) is 7.06. The number of Topliss-reactive ketones (excluding diaryl/α,β-unsaturated/α-hetero) is 1. The predicted molar refractivity (Wildman–Crippen MR) is 78.7 cm³/mol. The number of rotatable bonds is 1. The number of amides is 1. The summed E-state index contributed by atoms with van der Waals surface area (Å²) in [4.78, 5) is 27.4. The van der Waals surface area contributed by atoms with E-state index in [4.69, 9.17) is 4.74 Å². The van der Waals surface area contributed by atoms with E-state index in [0.29, 0.717) is 26.3 Å². The van der Waals surface area contributed by atoms with Crippen molar-refractivity contribution in [3.05, 3.63) is 0 Å². The van der Waals surface area contributed by atoms with Gasteiger partial charge >= 0.3 is 0 Å². The number of fused-ring (bicyclic) bond motifs is 2. The molecular weight excluding hydrogens is 322 g/mol. The number of ketones is 1. The van der Waals surface area contributed by atoms with Gasteiger partial charge in [0.15, 0.2) is 5.78 Å². The van der Waals surface area contributed by atoms with E-state index in [2.05, 4.69) is 29.8 Å². The van der Waals surface area contributed by atoms with Crippen molar-refractivity contribution < 1.29 is 14.3 Å². The van der Waals surface area contributed by atoms with Gasteiger partial charge in [-0.05, 0) is 18.3 Å². The lowest BCUT2D eigenvalue weighted by molar-refractivity contribution is -0.151. The van der Waals surface area contributed by atoms with Crippen LogP contribution in [-0.4, -0.2) is 47.7 Å². The van der Waals surface area contributed by atoms with Gasteiger partial charge in [0, 0.05) is 18.5 Å². The quantitative estimate of drug-likeness (QED) is 0.684. The highest BCUT2D eigenvalue weighted by molar-refractivity contribution is 9.10. The van der Waals surface area contributed by atoms with Crippen LogP contribution in [-0.2, 0) is 14.3 Å². The standard InChI is InChI=1S/C15H22BrNO3/c1-13(2)14(3)4-5-15(13,10(16)11(14)18)12(19)17-6-8-20-9-7-17/h10H,4-9H2,1-3H3/t10-,14+,15-/m1/s1. The first-order valence-electron chi connectivity index (χ1n) is 7.34. The van der Waals surface area contributed by atoms with Gasteiger partial charge in [0.2, 0.25) is 5.91 Å². The highest BCUT2D eigenvalue weighted by atomic mass is 79.9. The molecule has 3 rings (SSSR count). The van der Waals surface area contributed by atoms with Crippen LogP contribution in [0, 0.1) is 16.2 Å². The average molecular weight is 344 g/mol. The van der Waals surface area contributed by atoms with Crippen LogP contribution in [0.25, 0.3) is 0 Å². The lowest BCUT2D eigenvalue weighted by atomic mass is 9.64. The van der Waals surface area contributed by atoms with Crippen molar-refractivity contribution in [1.82, 2.24) is 4.90 Å². The third-order valence-corrected chi connectivity index (χ3v) is 7.60. The molecule has 3 atom stereocenters. The maximum absolute atomic E-state index is 13.2. The zero-order valence-corrected chi connectivity index (χ0v) is 14.0. The Bertz CT molecular complexity index is 472. The number of nitrogens with zero attached hydrogens (tertiary/aromatic N) is 1. The fourth-order valence-corrected chi connectivity index (χ4v) is 5.98. The van der Waals surface area contributed by atoms with Gasteiger partial charge < -0.3 is 9.64 Å². The Morgan fingerprint density at radius 3 is 2.35 bits per heavy atom. The Kier molecular flexibility index (Phi) is 3.11. The van der Waals surface area contributed by atoms with E-state index in [0.717, 1.165) is 12.8 Å². The molecule has 2 saturated carbocycles. The van der Waals surface area contributed by atoms with Crippen molar-refractivity contribution in [2.45, 2.75) is 38.4 Å². The van der Waals surface area contributed by atoms with Crippen molar-refractivity contribution in [1.29, 1.82) is 0 Å². The maximum atomic E-state index is 13.2. The lowest BCUT2D eigenvalue weighted by Gasteiger charge is -2.43. The second kappa shape index (κ2) is 4.29. The van der Waals surface area contributed by atoms with Crippen LogP contribution in [0.15, 0.2) is 0 Å². The molecule has 1 saturated heterocycles. The predicted octanol–water partition coefficient (Wildman–Crippen LogP) is 2.00. The minimum Gasteiger partial charge on any atom is -0.378 e. The second-order valence-corrected chi connectivity index (χ2v) is 7.98. The first-order valence-corrected chi connectivity index (χ1v) is 8.26. The Morgan fingerprint density at radius 2 is 1.85 bits per heavy atom. The van der Waals surface area contributed by atoms with E-state index < -0.39 is 5.41 Å². The van der Waals surface area contributed by atoms with E-state index >= 15 is 0 Å². The van der Waals surface area contributed by atoms with Gasteiger partial charge in [0.05, 0.1) is 23.5 Å². The number of carbonyl (C=O) groups excluding carboxylic acids is 2. The molecule has 1 amide bonds. The van der Waals surface area contributed by atoms with Gasteiger partial charge in [-0.2, -0.15) is 0 Å². The molecule has 0 spiro atoms. The smallest absolute Gasteiger partial charge is 0.231 e. The molecule has 1 heterocycles. The molecule has 0 aromatic heterocycles. The molecule has 2 bridgehead atoms. The molecule has 2 aliphatic carbocycles. The van der Waals surface area contributed by atoms with Crippen molar-refractivity contribution in [3.8, 4) is 0 Å². The topological polar surface area (TPSA) is 46.6 Å². The van der Waals surface area contributed by atoms with E-state index in [-0.39, 0.29) is 27.3 Å². The van der Waals surface area contributed by atoms with E-state index in [1.54, 1.807) is 0 Å². The van der Waals surface area contributed by atoms with Gasteiger partial charge in [-0.3, -0.25) is 9.59 Å². The molecule has 3 fully saturated rings. The summed E-state index contributed by atoms with van der Waals surface area (Å²) in [6.45, 7) is 8.70. The summed E-state index contributed by atoms with van der Waals surface area (Å²) >= 11 is 3.57. The fourth-order valence-electron chi connectivity index (χ4n) is 4.47. The first-order chi connectivity index (χ1) is 9.29. The first kappa shape index (κ1) is 14.5.